The van der Waals surface area contributed by atoms with Crippen LogP contribution in [0.25, 0.3) is 0 Å². The van der Waals surface area contributed by atoms with Gasteiger partial charge in [0.1, 0.15) is 0 Å². The minimum absolute atomic E-state index is 0.349. The van der Waals surface area contributed by atoms with E-state index in [0.29, 0.717) is 18.4 Å². The van der Waals surface area contributed by atoms with E-state index in [1.807, 2.05) is 0 Å². The van der Waals surface area contributed by atoms with Gasteiger partial charge in [0.15, 0.2) is 0 Å². The Labute approximate surface area is 102 Å². The van der Waals surface area contributed by atoms with Gasteiger partial charge in [-0.05, 0) is 25.0 Å². The van der Waals surface area contributed by atoms with E-state index in [-0.39, 0.29) is 0 Å². The van der Waals surface area contributed by atoms with Gasteiger partial charge >= 0.3 is 0 Å². The van der Waals surface area contributed by atoms with Crippen LogP contribution in [0.15, 0.2) is 30.3 Å². The maximum Gasteiger partial charge on any atom is 0.264 e. The van der Waals surface area contributed by atoms with Gasteiger partial charge in [-0.3, -0.25) is 4.79 Å². The molecule has 0 heterocycles. The molecule has 1 aromatic carbocycles. The molecule has 1 aromatic rings. The molecule has 0 bridgehead atoms. The van der Waals surface area contributed by atoms with E-state index in [0.717, 1.165) is 0 Å². The summed E-state index contributed by atoms with van der Waals surface area (Å²) in [6.07, 6.45) is 0.988. The largest absolute Gasteiger partial charge is 0.268 e. The fourth-order valence-corrected chi connectivity index (χ4v) is 3.01. The Bertz CT molecular complexity index is 464. The van der Waals surface area contributed by atoms with Crippen molar-refractivity contribution in [3.8, 4) is 0 Å². The van der Waals surface area contributed by atoms with Gasteiger partial charge in [-0.15, -0.1) is 0 Å². The summed E-state index contributed by atoms with van der Waals surface area (Å²) in [6, 6.07) is 8.32. The van der Waals surface area contributed by atoms with E-state index in [1.165, 1.54) is 0 Å². The summed E-state index contributed by atoms with van der Waals surface area (Å²) in [5.74, 6) is -0.572. The molecule has 0 radical (unpaired) electrons. The Morgan fingerprint density at radius 2 is 1.71 bits per heavy atom. The van der Waals surface area contributed by atoms with Crippen LogP contribution in [0.3, 0.4) is 0 Å². The maximum absolute atomic E-state index is 11.8. The summed E-state index contributed by atoms with van der Waals surface area (Å²) >= 11 is 0. The quantitative estimate of drug-likeness (QED) is 0.874. The van der Waals surface area contributed by atoms with Crippen molar-refractivity contribution in [2.24, 2.45) is 0 Å². The molecule has 0 aliphatic rings. The van der Waals surface area contributed by atoms with Crippen molar-refractivity contribution in [1.82, 2.24) is 4.72 Å². The number of carbonyl (C=O) groups is 1. The van der Waals surface area contributed by atoms with Crippen LogP contribution in [0, 0.1) is 0 Å². The maximum atomic E-state index is 11.8. The second kappa shape index (κ2) is 5.82. The summed E-state index contributed by atoms with van der Waals surface area (Å²) in [4.78, 5) is 11.7. The molecule has 1 N–H and O–H groups in total. The first-order valence-corrected chi connectivity index (χ1v) is 7.16. The van der Waals surface area contributed by atoms with Crippen LogP contribution in [-0.4, -0.2) is 19.6 Å². The number of sulfonamides is 1. The number of amides is 1. The molecule has 0 fully saturated rings. The lowest BCUT2D eigenvalue weighted by atomic mass is 10.2. The Morgan fingerprint density at radius 3 is 2.18 bits per heavy atom. The highest BCUT2D eigenvalue weighted by Crippen LogP contribution is 2.09. The highest BCUT2D eigenvalue weighted by atomic mass is 32.2. The van der Waals surface area contributed by atoms with Gasteiger partial charge in [-0.2, -0.15) is 0 Å². The van der Waals surface area contributed by atoms with E-state index in [1.54, 1.807) is 44.2 Å². The molecule has 0 saturated carbocycles. The van der Waals surface area contributed by atoms with Crippen molar-refractivity contribution in [2.45, 2.75) is 31.9 Å². The van der Waals surface area contributed by atoms with Crippen LogP contribution < -0.4 is 4.72 Å². The third-order valence-corrected chi connectivity index (χ3v) is 4.63. The molecule has 0 aliphatic carbocycles. The number of benzene rings is 1. The third kappa shape index (κ3) is 3.56. The van der Waals surface area contributed by atoms with Crippen LogP contribution in [0.5, 0.6) is 0 Å². The van der Waals surface area contributed by atoms with Gasteiger partial charge in [0.2, 0.25) is 10.0 Å². The van der Waals surface area contributed by atoms with E-state index in [9.17, 15) is 13.2 Å². The molecule has 17 heavy (non-hydrogen) atoms. The van der Waals surface area contributed by atoms with Gasteiger partial charge in [0.25, 0.3) is 5.91 Å². The molecular weight excluding hydrogens is 238 g/mol. The average molecular weight is 255 g/mol. The number of rotatable bonds is 5. The number of carbonyl (C=O) groups excluding carboxylic acids is 1. The third-order valence-electron chi connectivity index (χ3n) is 2.62. The average Bonchev–Trinajstić information content (AvgIpc) is 2.30. The first-order chi connectivity index (χ1) is 8.01. The van der Waals surface area contributed by atoms with Crippen molar-refractivity contribution in [2.75, 3.05) is 0 Å². The summed E-state index contributed by atoms with van der Waals surface area (Å²) in [5.41, 5.74) is 0.349. The molecule has 1 rings (SSSR count). The van der Waals surface area contributed by atoms with Crippen LogP contribution in [-0.2, 0) is 10.0 Å². The summed E-state index contributed by atoms with van der Waals surface area (Å²) in [5, 5.41) is -0.518. The van der Waals surface area contributed by atoms with Gasteiger partial charge < -0.3 is 0 Å². The molecule has 0 atom stereocenters. The van der Waals surface area contributed by atoms with Gasteiger partial charge in [0.05, 0.1) is 5.25 Å². The van der Waals surface area contributed by atoms with Gasteiger partial charge in [-0.1, -0.05) is 32.0 Å². The topological polar surface area (TPSA) is 63.2 Å². The van der Waals surface area contributed by atoms with Gasteiger partial charge in [-0.25, -0.2) is 13.1 Å². The smallest absolute Gasteiger partial charge is 0.264 e. The van der Waals surface area contributed by atoms with E-state index >= 15 is 0 Å². The highest BCUT2D eigenvalue weighted by Gasteiger charge is 2.24. The normalized spacial score (nSPS) is 11.5. The lowest BCUT2D eigenvalue weighted by Gasteiger charge is -2.14. The van der Waals surface area contributed by atoms with E-state index < -0.39 is 21.2 Å². The van der Waals surface area contributed by atoms with Crippen LogP contribution in [0.4, 0.5) is 0 Å². The predicted octanol–water partition coefficient (Wildman–Crippen LogP) is 1.93. The number of hydrogen-bond donors (Lipinski definition) is 1. The Balaban J connectivity index is 2.82. The molecule has 4 nitrogen and oxygen atoms in total. The molecule has 94 valence electrons. The van der Waals surface area contributed by atoms with Crippen molar-refractivity contribution in [3.05, 3.63) is 35.9 Å². The standard InChI is InChI=1S/C12H17NO3S/c1-3-11(4-2)17(15,16)13-12(14)10-8-6-5-7-9-10/h5-9,11H,3-4H2,1-2H3,(H,13,14). The van der Waals surface area contributed by atoms with Crippen molar-refractivity contribution in [3.63, 3.8) is 0 Å². The van der Waals surface area contributed by atoms with Crippen LogP contribution in [0.1, 0.15) is 37.0 Å². The van der Waals surface area contributed by atoms with E-state index in [4.69, 9.17) is 0 Å². The Kier molecular flexibility index (Phi) is 4.69. The molecule has 0 aliphatic heterocycles. The summed E-state index contributed by atoms with van der Waals surface area (Å²) in [7, 11) is -3.57. The minimum Gasteiger partial charge on any atom is -0.268 e. The second-order valence-electron chi connectivity index (χ2n) is 3.78. The predicted molar refractivity (Wildman–Crippen MR) is 67.2 cm³/mol. The SMILES string of the molecule is CCC(CC)S(=O)(=O)NC(=O)c1ccccc1. The monoisotopic (exact) mass is 255 g/mol. The molecule has 0 unspecified atom stereocenters. The number of nitrogens with one attached hydrogen (secondary N) is 1. The van der Waals surface area contributed by atoms with Crippen molar-refractivity contribution >= 4 is 15.9 Å². The molecule has 5 heteroatoms. The first kappa shape index (κ1) is 13.7. The van der Waals surface area contributed by atoms with Crippen LogP contribution >= 0.6 is 0 Å². The lowest BCUT2D eigenvalue weighted by molar-refractivity contribution is 0.0981. The molecule has 0 aromatic heterocycles. The zero-order valence-corrected chi connectivity index (χ0v) is 10.8. The Morgan fingerprint density at radius 1 is 1.18 bits per heavy atom. The highest BCUT2D eigenvalue weighted by molar-refractivity contribution is 7.90. The zero-order valence-electron chi connectivity index (χ0n) is 10.0. The van der Waals surface area contributed by atoms with Gasteiger partial charge in [0, 0.05) is 5.56 Å². The van der Waals surface area contributed by atoms with E-state index in [2.05, 4.69) is 4.72 Å². The zero-order chi connectivity index (χ0) is 12.9. The number of hydrogen-bond acceptors (Lipinski definition) is 3. The molecular formula is C12H17NO3S. The Hall–Kier alpha value is -1.36. The second-order valence-corrected chi connectivity index (χ2v) is 5.74. The minimum atomic E-state index is -3.57. The molecule has 0 spiro atoms. The van der Waals surface area contributed by atoms with Crippen molar-refractivity contribution in [1.29, 1.82) is 0 Å². The lowest BCUT2D eigenvalue weighted by Crippen LogP contribution is -2.37. The van der Waals surface area contributed by atoms with Crippen molar-refractivity contribution < 1.29 is 13.2 Å². The first-order valence-electron chi connectivity index (χ1n) is 5.62. The molecule has 1 amide bonds. The fraction of sp³-hybridized carbons (Fsp3) is 0.417. The summed E-state index contributed by atoms with van der Waals surface area (Å²) in [6.45, 7) is 3.58. The fourth-order valence-electron chi connectivity index (χ4n) is 1.59. The molecule has 0 saturated heterocycles. The summed E-state index contributed by atoms with van der Waals surface area (Å²) < 4.78 is 25.8. The van der Waals surface area contributed by atoms with Crippen LogP contribution in [0.2, 0.25) is 0 Å².